The molecule has 1 aromatic carbocycles. The summed E-state index contributed by atoms with van der Waals surface area (Å²) in [5.74, 6) is 0.354. The molecule has 0 saturated carbocycles. The van der Waals surface area contributed by atoms with E-state index in [2.05, 4.69) is 26.1 Å². The maximum absolute atomic E-state index is 12.4. The van der Waals surface area contributed by atoms with E-state index in [1.165, 1.54) is 11.3 Å². The van der Waals surface area contributed by atoms with E-state index < -0.39 is 5.92 Å². The van der Waals surface area contributed by atoms with Crippen molar-refractivity contribution < 1.29 is 9.32 Å². The Morgan fingerprint density at radius 1 is 1.24 bits per heavy atom. The Morgan fingerprint density at radius 3 is 2.67 bits per heavy atom. The Labute approximate surface area is 133 Å². The number of aromatic nitrogens is 2. The van der Waals surface area contributed by atoms with Crippen molar-refractivity contribution in [2.75, 3.05) is 0 Å². The second-order valence-electron chi connectivity index (χ2n) is 4.51. The van der Waals surface area contributed by atoms with E-state index in [-0.39, 0.29) is 5.78 Å². The normalized spacial score (nSPS) is 12.3. The molecule has 4 nitrogen and oxygen atoms in total. The predicted molar refractivity (Wildman–Crippen MR) is 84.5 cm³/mol. The number of ketones is 1. The highest BCUT2D eigenvalue weighted by atomic mass is 79.9. The van der Waals surface area contributed by atoms with E-state index >= 15 is 0 Å². The van der Waals surface area contributed by atoms with Gasteiger partial charge in [-0.1, -0.05) is 35.5 Å². The molecule has 1 unspecified atom stereocenters. The van der Waals surface area contributed by atoms with Gasteiger partial charge in [0.05, 0.1) is 14.6 Å². The van der Waals surface area contributed by atoms with Crippen molar-refractivity contribution in [1.29, 1.82) is 0 Å². The first-order valence-electron chi connectivity index (χ1n) is 6.33. The molecule has 0 aliphatic heterocycles. The number of rotatable bonds is 4. The number of hydrogen-bond acceptors (Lipinski definition) is 5. The highest BCUT2D eigenvalue weighted by molar-refractivity contribution is 9.11. The summed E-state index contributed by atoms with van der Waals surface area (Å²) in [6.07, 6.45) is 0. The summed E-state index contributed by atoms with van der Waals surface area (Å²) >= 11 is 4.91. The third-order valence-corrected chi connectivity index (χ3v) is 4.68. The molecule has 0 aliphatic rings. The van der Waals surface area contributed by atoms with Crippen LogP contribution in [0.25, 0.3) is 10.7 Å². The van der Waals surface area contributed by atoms with Crippen LogP contribution in [-0.4, -0.2) is 15.9 Å². The molecule has 0 aliphatic carbocycles. The van der Waals surface area contributed by atoms with Crippen LogP contribution in [0.4, 0.5) is 0 Å². The molecule has 3 aromatic rings. The molecule has 0 radical (unpaired) electrons. The summed E-state index contributed by atoms with van der Waals surface area (Å²) in [4.78, 5) is 17.6. The maximum Gasteiger partial charge on any atom is 0.237 e. The lowest BCUT2D eigenvalue weighted by atomic mass is 9.99. The SMILES string of the molecule is CC(C(=O)c1ccccc1)c1nc(-c2ccc(Br)s2)no1. The monoisotopic (exact) mass is 362 g/mol. The molecule has 3 rings (SSSR count). The Kier molecular flexibility index (Phi) is 3.98. The highest BCUT2D eigenvalue weighted by Crippen LogP contribution is 2.30. The van der Waals surface area contributed by atoms with Gasteiger partial charge < -0.3 is 4.52 Å². The number of halogens is 1. The quantitative estimate of drug-likeness (QED) is 0.639. The summed E-state index contributed by atoms with van der Waals surface area (Å²) in [6, 6.07) is 13.0. The van der Waals surface area contributed by atoms with Gasteiger partial charge in [-0.15, -0.1) is 11.3 Å². The molecule has 1 atom stereocenters. The zero-order valence-electron chi connectivity index (χ0n) is 11.1. The van der Waals surface area contributed by atoms with Crippen LogP contribution >= 0.6 is 27.3 Å². The van der Waals surface area contributed by atoms with Crippen LogP contribution in [0.3, 0.4) is 0 Å². The van der Waals surface area contributed by atoms with Crippen LogP contribution in [0.1, 0.15) is 29.1 Å². The summed E-state index contributed by atoms with van der Waals surface area (Å²) < 4.78 is 6.24. The number of thiophene rings is 1. The first-order chi connectivity index (χ1) is 10.1. The van der Waals surface area contributed by atoms with Gasteiger partial charge in [-0.25, -0.2) is 0 Å². The molecule has 2 heterocycles. The van der Waals surface area contributed by atoms with E-state index in [1.807, 2.05) is 30.3 Å². The van der Waals surface area contributed by atoms with Crippen molar-refractivity contribution in [2.24, 2.45) is 0 Å². The third-order valence-electron chi connectivity index (χ3n) is 3.06. The van der Waals surface area contributed by atoms with Gasteiger partial charge in [0, 0.05) is 5.56 Å². The fourth-order valence-corrected chi connectivity index (χ4v) is 3.22. The Balaban J connectivity index is 1.84. The number of carbonyl (C=O) groups excluding carboxylic acids is 1. The average Bonchev–Trinajstić information content (AvgIpc) is 3.15. The van der Waals surface area contributed by atoms with Gasteiger partial charge in [0.1, 0.15) is 0 Å². The Bertz CT molecular complexity index is 767. The second kappa shape index (κ2) is 5.91. The van der Waals surface area contributed by atoms with Gasteiger partial charge in [-0.3, -0.25) is 4.79 Å². The van der Waals surface area contributed by atoms with Gasteiger partial charge in [0.25, 0.3) is 0 Å². The van der Waals surface area contributed by atoms with Gasteiger partial charge in [-0.05, 0) is 35.0 Å². The fraction of sp³-hybridized carbons (Fsp3) is 0.133. The largest absolute Gasteiger partial charge is 0.338 e. The molecule has 0 fully saturated rings. The lowest BCUT2D eigenvalue weighted by molar-refractivity contribution is 0.0951. The zero-order valence-corrected chi connectivity index (χ0v) is 13.5. The average molecular weight is 363 g/mol. The predicted octanol–water partition coefficient (Wildman–Crippen LogP) is 4.55. The molecule has 2 aromatic heterocycles. The number of Topliss-reactive ketones (excluding diaryl/α,β-unsaturated/α-hetero) is 1. The van der Waals surface area contributed by atoms with Crippen LogP contribution in [0.5, 0.6) is 0 Å². The molecular formula is C15H11BrN2O2S. The van der Waals surface area contributed by atoms with Crippen LogP contribution < -0.4 is 0 Å². The van der Waals surface area contributed by atoms with Crippen molar-refractivity contribution in [3.63, 3.8) is 0 Å². The molecular weight excluding hydrogens is 352 g/mol. The second-order valence-corrected chi connectivity index (χ2v) is 6.97. The van der Waals surface area contributed by atoms with E-state index in [9.17, 15) is 4.79 Å². The summed E-state index contributed by atoms with van der Waals surface area (Å²) in [7, 11) is 0. The van der Waals surface area contributed by atoms with Crippen molar-refractivity contribution in [1.82, 2.24) is 10.1 Å². The van der Waals surface area contributed by atoms with Crippen molar-refractivity contribution >= 4 is 33.0 Å². The summed E-state index contributed by atoms with van der Waals surface area (Å²) in [5, 5.41) is 3.95. The van der Waals surface area contributed by atoms with Crippen molar-refractivity contribution in [3.8, 4) is 10.7 Å². The molecule has 0 spiro atoms. The number of hydrogen-bond donors (Lipinski definition) is 0. The highest BCUT2D eigenvalue weighted by Gasteiger charge is 2.23. The lowest BCUT2D eigenvalue weighted by Gasteiger charge is -2.04. The van der Waals surface area contributed by atoms with Gasteiger partial charge in [0.2, 0.25) is 11.7 Å². The third kappa shape index (κ3) is 2.96. The standard InChI is InChI=1S/C15H11BrN2O2S/c1-9(13(19)10-5-3-2-4-6-10)15-17-14(18-20-15)11-7-8-12(16)21-11/h2-9H,1H3. The van der Waals surface area contributed by atoms with E-state index in [4.69, 9.17) is 4.52 Å². The van der Waals surface area contributed by atoms with Crippen LogP contribution in [-0.2, 0) is 0 Å². The van der Waals surface area contributed by atoms with E-state index in [1.54, 1.807) is 19.1 Å². The Morgan fingerprint density at radius 2 is 2.00 bits per heavy atom. The minimum atomic E-state index is -0.461. The molecule has 106 valence electrons. The first-order valence-corrected chi connectivity index (χ1v) is 7.94. The molecule has 0 bridgehead atoms. The van der Waals surface area contributed by atoms with Gasteiger partial charge in [0.15, 0.2) is 5.78 Å². The smallest absolute Gasteiger partial charge is 0.237 e. The molecule has 0 saturated heterocycles. The number of benzene rings is 1. The Hall–Kier alpha value is -1.79. The summed E-state index contributed by atoms with van der Waals surface area (Å²) in [5.41, 5.74) is 0.642. The first kappa shape index (κ1) is 14.2. The van der Waals surface area contributed by atoms with E-state index in [0.717, 1.165) is 8.66 Å². The van der Waals surface area contributed by atoms with Crippen LogP contribution in [0.2, 0.25) is 0 Å². The number of carbonyl (C=O) groups is 1. The van der Waals surface area contributed by atoms with Crippen LogP contribution in [0, 0.1) is 0 Å². The number of nitrogens with zero attached hydrogens (tertiary/aromatic N) is 2. The molecule has 0 amide bonds. The zero-order chi connectivity index (χ0) is 14.8. The molecule has 6 heteroatoms. The van der Waals surface area contributed by atoms with Gasteiger partial charge in [-0.2, -0.15) is 4.98 Å². The topological polar surface area (TPSA) is 56.0 Å². The van der Waals surface area contributed by atoms with Crippen molar-refractivity contribution in [2.45, 2.75) is 12.8 Å². The lowest BCUT2D eigenvalue weighted by Crippen LogP contribution is -2.09. The van der Waals surface area contributed by atoms with Crippen LogP contribution in [0.15, 0.2) is 50.8 Å². The molecule has 0 N–H and O–H groups in total. The summed E-state index contributed by atoms with van der Waals surface area (Å²) in [6.45, 7) is 1.77. The fourth-order valence-electron chi connectivity index (χ4n) is 1.91. The minimum absolute atomic E-state index is 0.0295. The minimum Gasteiger partial charge on any atom is -0.338 e. The maximum atomic E-state index is 12.4. The van der Waals surface area contributed by atoms with E-state index in [0.29, 0.717) is 17.3 Å². The van der Waals surface area contributed by atoms with Crippen molar-refractivity contribution in [3.05, 3.63) is 57.7 Å². The molecule has 21 heavy (non-hydrogen) atoms. The van der Waals surface area contributed by atoms with Gasteiger partial charge >= 0.3 is 0 Å².